The monoisotopic (exact) mass is 760 g/mol. The van der Waals surface area contributed by atoms with Crippen LogP contribution in [0, 0.1) is 0 Å². The molecule has 1 spiro atoms. The normalized spacial score (nSPS) is 17.5. The van der Waals surface area contributed by atoms with Crippen LogP contribution in [0.3, 0.4) is 0 Å². The zero-order chi connectivity index (χ0) is 38.4. The summed E-state index contributed by atoms with van der Waals surface area (Å²) < 4.78 is 2.46. The Labute approximate surface area is 336 Å². The second kappa shape index (κ2) is 12.5. The molecule has 4 nitrogen and oxygen atoms in total. The standard InChI is InChI=1S/C53H35N3OP/c57-58(38-21-8-3-9-22-38)49-30-15-12-26-42(49)53(41-25-11-14-29-48(41)56-47-28-13-10-23-39(47)40-24-16-27-43(53)51(40)56)44-33-37(31-32-50(44)58)46-34-45(35-17-4-1-5-18-35)54-52(55-46)36-19-6-2-7-20-36/h1-34,57H/q+1. The van der Waals surface area contributed by atoms with E-state index in [9.17, 15) is 4.89 Å². The van der Waals surface area contributed by atoms with Crippen molar-refractivity contribution < 1.29 is 4.89 Å². The van der Waals surface area contributed by atoms with Crippen molar-refractivity contribution in [2.24, 2.45) is 0 Å². The van der Waals surface area contributed by atoms with E-state index < -0.39 is 12.9 Å². The van der Waals surface area contributed by atoms with Gasteiger partial charge in [0.05, 0.1) is 33.5 Å². The van der Waals surface area contributed by atoms with Crippen LogP contribution >= 0.6 is 7.49 Å². The van der Waals surface area contributed by atoms with E-state index in [-0.39, 0.29) is 0 Å². The van der Waals surface area contributed by atoms with Crippen molar-refractivity contribution in [2.75, 3.05) is 0 Å². The van der Waals surface area contributed by atoms with Crippen LogP contribution in [0.2, 0.25) is 0 Å². The molecule has 2 aliphatic rings. The van der Waals surface area contributed by atoms with E-state index in [2.05, 4.69) is 156 Å². The van der Waals surface area contributed by atoms with E-state index in [4.69, 9.17) is 9.97 Å². The number of rotatable bonds is 4. The molecule has 10 aromatic rings. The quantitative estimate of drug-likeness (QED) is 0.182. The number of nitrogens with zero attached hydrogens (tertiary/aromatic N) is 3. The Hall–Kier alpha value is -6.97. The van der Waals surface area contributed by atoms with Gasteiger partial charge in [0.2, 0.25) is 7.49 Å². The highest BCUT2D eigenvalue weighted by Gasteiger charge is 2.60. The van der Waals surface area contributed by atoms with Gasteiger partial charge < -0.3 is 4.57 Å². The van der Waals surface area contributed by atoms with Crippen LogP contribution in [0.5, 0.6) is 0 Å². The van der Waals surface area contributed by atoms with Gasteiger partial charge in [0, 0.05) is 38.6 Å². The highest BCUT2D eigenvalue weighted by Crippen LogP contribution is 2.64. The van der Waals surface area contributed by atoms with Crippen molar-refractivity contribution in [1.82, 2.24) is 14.5 Å². The van der Waals surface area contributed by atoms with E-state index >= 15 is 0 Å². The van der Waals surface area contributed by atoms with E-state index in [1.807, 2.05) is 54.6 Å². The Morgan fingerprint density at radius 2 is 1.02 bits per heavy atom. The summed E-state index contributed by atoms with van der Waals surface area (Å²) in [6.07, 6.45) is 0. The lowest BCUT2D eigenvalue weighted by Crippen LogP contribution is -2.50. The zero-order valence-electron chi connectivity index (χ0n) is 31.4. The summed E-state index contributed by atoms with van der Waals surface area (Å²) in [7, 11) is -3.15. The van der Waals surface area contributed by atoms with E-state index in [1.54, 1.807) is 0 Å². The minimum Gasteiger partial charge on any atom is -0.309 e. The molecule has 0 bridgehead atoms. The number of benzene rings is 8. The average molecular weight is 761 g/mol. The Morgan fingerprint density at radius 3 is 1.81 bits per heavy atom. The highest BCUT2D eigenvalue weighted by molar-refractivity contribution is 7.91. The molecule has 0 aliphatic carbocycles. The van der Waals surface area contributed by atoms with Gasteiger partial charge in [-0.25, -0.2) is 14.9 Å². The lowest BCUT2D eigenvalue weighted by atomic mass is 9.62. The molecular formula is C53H35N3OP+. The first-order valence-corrected chi connectivity index (χ1v) is 21.5. The van der Waals surface area contributed by atoms with E-state index in [0.717, 1.165) is 60.8 Å². The second-order valence-electron chi connectivity index (χ2n) is 15.2. The largest absolute Gasteiger partial charge is 0.309 e. The third-order valence-electron chi connectivity index (χ3n) is 12.3. The number of para-hydroxylation sites is 3. The first-order valence-electron chi connectivity index (χ1n) is 19.7. The molecule has 5 heteroatoms. The van der Waals surface area contributed by atoms with Crippen LogP contribution in [-0.4, -0.2) is 19.4 Å². The molecule has 0 saturated heterocycles. The number of hydrogen-bond acceptors (Lipinski definition) is 3. The van der Waals surface area contributed by atoms with Crippen LogP contribution < -0.4 is 15.9 Å². The Bertz CT molecular complexity index is 3200. The lowest BCUT2D eigenvalue weighted by Gasteiger charge is -2.46. The fourth-order valence-electron chi connectivity index (χ4n) is 9.90. The molecule has 8 aromatic carbocycles. The molecule has 272 valence electrons. The molecule has 58 heavy (non-hydrogen) atoms. The van der Waals surface area contributed by atoms with E-state index in [1.165, 1.54) is 32.9 Å². The molecule has 0 amide bonds. The number of hydrogen-bond donors (Lipinski definition) is 1. The maximum atomic E-state index is 13.7. The average Bonchev–Trinajstić information content (AvgIpc) is 3.65. The SMILES string of the molecule is O[P+]1(c2ccccc2)c2ccccc2C2(c3ccccc3-n3c4ccccc4c4cccc2c43)c2cc(-c3cc(-c4ccccc4)nc(-c4ccccc4)n3)ccc21. The topological polar surface area (TPSA) is 50.9 Å². The second-order valence-corrected chi connectivity index (χ2v) is 18.0. The Kier molecular flexibility index (Phi) is 7.16. The lowest BCUT2D eigenvalue weighted by molar-refractivity contribution is 0.626. The predicted octanol–water partition coefficient (Wildman–Crippen LogP) is 10.8. The molecule has 2 aliphatic heterocycles. The van der Waals surface area contributed by atoms with Crippen molar-refractivity contribution in [2.45, 2.75) is 5.41 Å². The Balaban J connectivity index is 1.24. The molecule has 1 N–H and O–H groups in total. The van der Waals surface area contributed by atoms with Crippen molar-refractivity contribution in [3.8, 4) is 39.6 Å². The van der Waals surface area contributed by atoms with Crippen LogP contribution in [0.15, 0.2) is 206 Å². The summed E-state index contributed by atoms with van der Waals surface area (Å²) in [5.41, 5.74) is 11.9. The number of fused-ring (bicyclic) bond motifs is 11. The third-order valence-corrected chi connectivity index (χ3v) is 15.5. The molecule has 0 saturated carbocycles. The summed E-state index contributed by atoms with van der Waals surface area (Å²) in [4.78, 5) is 24.2. The molecule has 4 heterocycles. The molecule has 2 aromatic heterocycles. The Morgan fingerprint density at radius 1 is 0.431 bits per heavy atom. The van der Waals surface area contributed by atoms with Crippen LogP contribution in [0.25, 0.3) is 61.4 Å². The fraction of sp³-hybridized carbons (Fsp3) is 0.0189. The minimum atomic E-state index is -3.15. The minimum absolute atomic E-state index is 0.667. The first-order chi connectivity index (χ1) is 28.7. The van der Waals surface area contributed by atoms with Gasteiger partial charge in [0.1, 0.15) is 15.9 Å². The fourth-order valence-corrected chi connectivity index (χ4v) is 13.1. The zero-order valence-corrected chi connectivity index (χ0v) is 32.3. The summed E-state index contributed by atoms with van der Waals surface area (Å²) >= 11 is 0. The van der Waals surface area contributed by atoms with Crippen molar-refractivity contribution in [3.05, 3.63) is 229 Å². The van der Waals surface area contributed by atoms with Crippen LogP contribution in [-0.2, 0) is 5.41 Å². The molecule has 0 radical (unpaired) electrons. The number of aromatic nitrogens is 3. The maximum Gasteiger partial charge on any atom is 0.239 e. The van der Waals surface area contributed by atoms with E-state index in [0.29, 0.717) is 5.82 Å². The molecule has 2 atom stereocenters. The molecule has 0 fully saturated rings. The molecule has 2 unspecified atom stereocenters. The van der Waals surface area contributed by atoms with Crippen LogP contribution in [0.1, 0.15) is 22.3 Å². The summed E-state index contributed by atoms with van der Waals surface area (Å²) in [5.74, 6) is 0.667. The predicted molar refractivity (Wildman–Crippen MR) is 239 cm³/mol. The van der Waals surface area contributed by atoms with Gasteiger partial charge in [0.15, 0.2) is 5.82 Å². The maximum absolute atomic E-state index is 13.7. The van der Waals surface area contributed by atoms with Crippen molar-refractivity contribution >= 4 is 45.2 Å². The van der Waals surface area contributed by atoms with Crippen LogP contribution in [0.4, 0.5) is 0 Å². The summed E-state index contributed by atoms with van der Waals surface area (Å²) in [5, 5.41) is 5.31. The third kappa shape index (κ3) is 4.47. The molecule has 12 rings (SSSR count). The van der Waals surface area contributed by atoms with Gasteiger partial charge in [-0.3, -0.25) is 0 Å². The van der Waals surface area contributed by atoms with Gasteiger partial charge in [0.25, 0.3) is 0 Å². The van der Waals surface area contributed by atoms with Gasteiger partial charge >= 0.3 is 0 Å². The van der Waals surface area contributed by atoms with Crippen molar-refractivity contribution in [3.63, 3.8) is 0 Å². The van der Waals surface area contributed by atoms with Gasteiger partial charge in [-0.1, -0.05) is 152 Å². The van der Waals surface area contributed by atoms with Crippen molar-refractivity contribution in [1.29, 1.82) is 0 Å². The smallest absolute Gasteiger partial charge is 0.239 e. The van der Waals surface area contributed by atoms with Gasteiger partial charge in [-0.15, -0.1) is 0 Å². The first kappa shape index (κ1) is 33.2. The highest BCUT2D eigenvalue weighted by atomic mass is 31.2. The van der Waals surface area contributed by atoms with Gasteiger partial charge in [-0.2, -0.15) is 0 Å². The summed E-state index contributed by atoms with van der Waals surface area (Å²) in [6, 6.07) is 72.7. The van der Waals surface area contributed by atoms with Gasteiger partial charge in [-0.05, 0) is 65.7 Å². The summed E-state index contributed by atoms with van der Waals surface area (Å²) in [6.45, 7) is 0. The molecular weight excluding hydrogens is 726 g/mol.